The maximum Gasteiger partial charge on any atom is 0.185 e. The quantitative estimate of drug-likeness (QED) is 0.897. The van der Waals surface area contributed by atoms with E-state index in [4.69, 9.17) is 0 Å². The Morgan fingerprint density at radius 1 is 1.41 bits per heavy atom. The van der Waals surface area contributed by atoms with E-state index >= 15 is 0 Å². The van der Waals surface area contributed by atoms with Gasteiger partial charge in [0.2, 0.25) is 0 Å². The van der Waals surface area contributed by atoms with E-state index < -0.39 is 0 Å². The van der Waals surface area contributed by atoms with Gasteiger partial charge in [-0.1, -0.05) is 0 Å². The largest absolute Gasteiger partial charge is 0.390 e. The van der Waals surface area contributed by atoms with E-state index in [9.17, 15) is 5.11 Å². The van der Waals surface area contributed by atoms with Crippen LogP contribution in [0, 0.1) is 6.92 Å². The van der Waals surface area contributed by atoms with Crippen LogP contribution < -0.4 is 4.90 Å². The number of thiazole rings is 1. The van der Waals surface area contributed by atoms with Gasteiger partial charge in [0.1, 0.15) is 0 Å². The number of β-amino-alcohol motifs (C(OH)–C–C–N with tert-alkyl or cyclic N) is 1. The molecule has 120 valence electrons. The molecule has 0 amide bonds. The van der Waals surface area contributed by atoms with Crippen LogP contribution in [0.5, 0.6) is 0 Å². The molecular formula is C15H23N5OS. The third-order valence-electron chi connectivity index (χ3n) is 3.99. The third kappa shape index (κ3) is 3.66. The van der Waals surface area contributed by atoms with Crippen LogP contribution in [0.15, 0.2) is 23.8 Å². The number of aliphatic hydroxyl groups is 1. The molecule has 2 atom stereocenters. The van der Waals surface area contributed by atoms with Crippen molar-refractivity contribution in [2.75, 3.05) is 31.1 Å². The lowest BCUT2D eigenvalue weighted by Gasteiger charge is -2.40. The van der Waals surface area contributed by atoms with Crippen molar-refractivity contribution in [3.63, 3.8) is 0 Å². The van der Waals surface area contributed by atoms with Crippen molar-refractivity contribution < 1.29 is 5.11 Å². The predicted octanol–water partition coefficient (Wildman–Crippen LogP) is 1.22. The lowest BCUT2D eigenvalue weighted by molar-refractivity contribution is 0.0863. The van der Waals surface area contributed by atoms with Crippen molar-refractivity contribution in [1.29, 1.82) is 0 Å². The summed E-state index contributed by atoms with van der Waals surface area (Å²) in [6.07, 6.45) is 3.23. The highest BCUT2D eigenvalue weighted by molar-refractivity contribution is 7.13. The maximum atomic E-state index is 10.2. The van der Waals surface area contributed by atoms with E-state index in [0.717, 1.165) is 30.5 Å². The second kappa shape index (κ2) is 6.76. The second-order valence-electron chi connectivity index (χ2n) is 5.96. The van der Waals surface area contributed by atoms with Gasteiger partial charge < -0.3 is 10.0 Å². The van der Waals surface area contributed by atoms with Gasteiger partial charge in [0.05, 0.1) is 18.3 Å². The first-order chi connectivity index (χ1) is 10.6. The summed E-state index contributed by atoms with van der Waals surface area (Å²) in [5.74, 6) is 0. The molecule has 1 saturated heterocycles. The molecule has 1 fully saturated rings. The molecule has 0 aromatic carbocycles. The first-order valence-electron chi connectivity index (χ1n) is 7.68. The molecule has 0 radical (unpaired) electrons. The monoisotopic (exact) mass is 321 g/mol. The number of rotatable bonds is 5. The van der Waals surface area contributed by atoms with E-state index in [1.165, 1.54) is 0 Å². The summed E-state index contributed by atoms with van der Waals surface area (Å²) in [5, 5.41) is 17.6. The van der Waals surface area contributed by atoms with Crippen LogP contribution in [0.25, 0.3) is 0 Å². The van der Waals surface area contributed by atoms with Gasteiger partial charge in [0, 0.05) is 50.0 Å². The number of nitrogens with zero attached hydrogens (tertiary/aromatic N) is 5. The van der Waals surface area contributed by atoms with E-state index in [0.29, 0.717) is 19.1 Å². The first-order valence-corrected chi connectivity index (χ1v) is 8.56. The molecular weight excluding hydrogens is 298 g/mol. The van der Waals surface area contributed by atoms with Crippen LogP contribution in [-0.2, 0) is 6.54 Å². The fourth-order valence-electron chi connectivity index (χ4n) is 2.94. The summed E-state index contributed by atoms with van der Waals surface area (Å²) in [6.45, 7) is 8.37. The van der Waals surface area contributed by atoms with Gasteiger partial charge in [-0.3, -0.25) is 9.58 Å². The van der Waals surface area contributed by atoms with Crippen molar-refractivity contribution in [3.8, 4) is 0 Å². The van der Waals surface area contributed by atoms with Crippen LogP contribution in [-0.4, -0.2) is 63.1 Å². The molecule has 1 aliphatic heterocycles. The van der Waals surface area contributed by atoms with Crippen molar-refractivity contribution >= 4 is 16.5 Å². The Morgan fingerprint density at radius 3 is 2.91 bits per heavy atom. The van der Waals surface area contributed by atoms with Gasteiger partial charge in [-0.15, -0.1) is 11.3 Å². The van der Waals surface area contributed by atoms with E-state index in [1.54, 1.807) is 22.2 Å². The Hall–Kier alpha value is -1.44. The normalized spacial score (nSPS) is 21.2. The van der Waals surface area contributed by atoms with Crippen molar-refractivity contribution in [3.05, 3.63) is 29.5 Å². The fraction of sp³-hybridized carbons (Fsp3) is 0.600. The van der Waals surface area contributed by atoms with E-state index in [-0.39, 0.29) is 6.10 Å². The molecule has 0 spiro atoms. The number of aryl methyl sites for hydroxylation is 1. The van der Waals surface area contributed by atoms with Crippen LogP contribution in [0.1, 0.15) is 12.6 Å². The van der Waals surface area contributed by atoms with Gasteiger partial charge >= 0.3 is 0 Å². The molecule has 0 bridgehead atoms. The Bertz CT molecular complexity index is 585. The molecule has 3 heterocycles. The summed E-state index contributed by atoms with van der Waals surface area (Å²) in [6, 6.07) is 2.29. The zero-order valence-electron chi connectivity index (χ0n) is 13.1. The molecule has 2 aromatic rings. The fourth-order valence-corrected chi connectivity index (χ4v) is 3.87. The summed E-state index contributed by atoms with van der Waals surface area (Å²) in [5.41, 5.74) is 1.09. The number of piperazine rings is 1. The molecule has 7 heteroatoms. The summed E-state index contributed by atoms with van der Waals surface area (Å²) < 4.78 is 1.78. The van der Waals surface area contributed by atoms with Gasteiger partial charge in [-0.05, 0) is 19.9 Å². The Morgan fingerprint density at radius 2 is 2.27 bits per heavy atom. The Balaban J connectivity index is 1.51. The number of anilines is 1. The predicted molar refractivity (Wildman–Crippen MR) is 88.3 cm³/mol. The highest BCUT2D eigenvalue weighted by Gasteiger charge is 2.26. The Labute approximate surface area is 135 Å². The molecule has 1 aliphatic rings. The summed E-state index contributed by atoms with van der Waals surface area (Å²) >= 11 is 1.71. The molecule has 0 aliphatic carbocycles. The van der Waals surface area contributed by atoms with Crippen molar-refractivity contribution in [2.45, 2.75) is 32.5 Å². The minimum absolute atomic E-state index is 0.388. The van der Waals surface area contributed by atoms with Crippen LogP contribution >= 0.6 is 11.3 Å². The zero-order chi connectivity index (χ0) is 15.5. The van der Waals surface area contributed by atoms with Gasteiger partial charge in [-0.2, -0.15) is 5.10 Å². The molecule has 2 aromatic heterocycles. The summed E-state index contributed by atoms with van der Waals surface area (Å²) in [7, 11) is 0. The second-order valence-corrected chi connectivity index (χ2v) is 6.79. The maximum absolute atomic E-state index is 10.2. The highest BCUT2D eigenvalue weighted by atomic mass is 32.1. The zero-order valence-corrected chi connectivity index (χ0v) is 13.9. The first kappa shape index (κ1) is 15.5. The standard InChI is InChI=1S/C15H23N5OS/c1-12-11-22-15(17-12)20-7-6-18(8-13(20)2)9-14(21)10-19-5-3-4-16-19/h3-5,11,13-14,21H,6-10H2,1-2H3/t13-,14-/m0/s1. The molecule has 0 saturated carbocycles. The van der Waals surface area contributed by atoms with E-state index in [1.807, 2.05) is 19.2 Å². The third-order valence-corrected chi connectivity index (χ3v) is 4.99. The SMILES string of the molecule is Cc1csc(N2CCN(C[C@H](O)Cn3cccn3)C[C@@H]2C)n1. The minimum Gasteiger partial charge on any atom is -0.390 e. The van der Waals surface area contributed by atoms with Crippen molar-refractivity contribution in [1.82, 2.24) is 19.7 Å². The molecule has 6 nitrogen and oxygen atoms in total. The minimum atomic E-state index is -0.388. The summed E-state index contributed by atoms with van der Waals surface area (Å²) in [4.78, 5) is 9.28. The van der Waals surface area contributed by atoms with Crippen molar-refractivity contribution in [2.24, 2.45) is 0 Å². The smallest absolute Gasteiger partial charge is 0.185 e. The van der Waals surface area contributed by atoms with Gasteiger partial charge in [0.15, 0.2) is 5.13 Å². The lowest BCUT2D eigenvalue weighted by Crippen LogP contribution is -2.53. The van der Waals surface area contributed by atoms with Crippen LogP contribution in [0.3, 0.4) is 0 Å². The highest BCUT2D eigenvalue weighted by Crippen LogP contribution is 2.24. The molecule has 1 N–H and O–H groups in total. The molecule has 22 heavy (non-hydrogen) atoms. The topological polar surface area (TPSA) is 57.4 Å². The van der Waals surface area contributed by atoms with Gasteiger partial charge in [0.25, 0.3) is 0 Å². The van der Waals surface area contributed by atoms with E-state index in [2.05, 4.69) is 32.2 Å². The van der Waals surface area contributed by atoms with Crippen LogP contribution in [0.2, 0.25) is 0 Å². The number of aromatic nitrogens is 3. The Kier molecular flexibility index (Phi) is 4.75. The molecule has 0 unspecified atom stereocenters. The lowest BCUT2D eigenvalue weighted by atomic mass is 10.2. The average molecular weight is 321 g/mol. The number of aliphatic hydroxyl groups excluding tert-OH is 1. The van der Waals surface area contributed by atoms with Gasteiger partial charge in [-0.25, -0.2) is 4.98 Å². The van der Waals surface area contributed by atoms with Crippen LogP contribution in [0.4, 0.5) is 5.13 Å². The average Bonchev–Trinajstić information content (AvgIpc) is 3.10. The molecule has 3 rings (SSSR count). The number of hydrogen-bond acceptors (Lipinski definition) is 6. The number of hydrogen-bond donors (Lipinski definition) is 1.